The van der Waals surface area contributed by atoms with Gasteiger partial charge in [-0.05, 0) is 44.7 Å². The highest BCUT2D eigenvalue weighted by molar-refractivity contribution is 5.83. The van der Waals surface area contributed by atoms with Crippen molar-refractivity contribution in [2.24, 2.45) is 5.92 Å². The van der Waals surface area contributed by atoms with Crippen LogP contribution in [0.4, 0.5) is 0 Å². The monoisotopic (exact) mass is 382 g/mol. The normalized spacial score (nSPS) is 21.9. The molecule has 0 N–H and O–H groups in total. The van der Waals surface area contributed by atoms with Crippen LogP contribution in [-0.2, 0) is 22.6 Å². The van der Waals surface area contributed by atoms with Gasteiger partial charge in [0.2, 0.25) is 11.8 Å². The van der Waals surface area contributed by atoms with Gasteiger partial charge in [0.15, 0.2) is 0 Å². The Labute approximate surface area is 164 Å². The van der Waals surface area contributed by atoms with Crippen molar-refractivity contribution in [3.63, 3.8) is 0 Å². The number of pyridine rings is 1. The average molecular weight is 382 g/mol. The van der Waals surface area contributed by atoms with Crippen molar-refractivity contribution in [2.75, 3.05) is 13.1 Å². The summed E-state index contributed by atoms with van der Waals surface area (Å²) in [5, 5.41) is 4.01. The van der Waals surface area contributed by atoms with Crippen LogP contribution in [0.1, 0.15) is 41.8 Å². The standard InChI is InChI=1S/C21H26N4O3/c1-14-19(15(2)28-23-14)13-25-18-7-6-17(21(25)27)11-24(12-18)20(26)8-5-16-4-3-9-22-10-16/h3-4,9-10,17-18H,5-8,11-13H2,1-2H3/t17-,18+/m0/s1. The highest BCUT2D eigenvalue weighted by Crippen LogP contribution is 2.31. The first-order valence-corrected chi connectivity index (χ1v) is 9.92. The third kappa shape index (κ3) is 3.66. The zero-order valence-corrected chi connectivity index (χ0v) is 16.4. The van der Waals surface area contributed by atoms with Crippen LogP contribution in [0.2, 0.25) is 0 Å². The smallest absolute Gasteiger partial charge is 0.228 e. The molecule has 0 radical (unpaired) electrons. The SMILES string of the molecule is Cc1noc(C)c1CN1C(=O)[C@H]2CC[C@@H]1CN(C(=O)CCc1cccnc1)C2. The molecule has 3 fully saturated rings. The zero-order valence-electron chi connectivity index (χ0n) is 16.4. The highest BCUT2D eigenvalue weighted by Gasteiger charge is 2.42. The van der Waals surface area contributed by atoms with E-state index in [0.29, 0.717) is 32.5 Å². The molecule has 2 atom stereocenters. The second kappa shape index (κ2) is 7.73. The first kappa shape index (κ1) is 18.7. The highest BCUT2D eigenvalue weighted by atomic mass is 16.5. The maximum Gasteiger partial charge on any atom is 0.228 e. The molecule has 148 valence electrons. The molecule has 0 saturated carbocycles. The number of carbonyl (C=O) groups excluding carboxylic acids is 2. The first-order chi connectivity index (χ1) is 13.5. The minimum atomic E-state index is -0.110. The van der Waals surface area contributed by atoms with Gasteiger partial charge in [-0.25, -0.2) is 0 Å². The summed E-state index contributed by atoms with van der Waals surface area (Å²) in [7, 11) is 0. The largest absolute Gasteiger partial charge is 0.361 e. The number of hydrogen-bond acceptors (Lipinski definition) is 5. The second-order valence-electron chi connectivity index (χ2n) is 7.86. The van der Waals surface area contributed by atoms with Gasteiger partial charge in [-0.2, -0.15) is 0 Å². The molecule has 3 aliphatic rings. The molecule has 5 heterocycles. The summed E-state index contributed by atoms with van der Waals surface area (Å²) in [6.45, 7) is 5.43. The van der Waals surface area contributed by atoms with E-state index in [2.05, 4.69) is 10.1 Å². The number of fused-ring (bicyclic) bond motifs is 4. The Morgan fingerprint density at radius 1 is 1.29 bits per heavy atom. The van der Waals surface area contributed by atoms with Gasteiger partial charge in [-0.1, -0.05) is 11.2 Å². The van der Waals surface area contributed by atoms with Crippen LogP contribution in [0.5, 0.6) is 0 Å². The Bertz CT molecular complexity index is 844. The van der Waals surface area contributed by atoms with E-state index in [1.165, 1.54) is 0 Å². The maximum atomic E-state index is 13.0. The first-order valence-electron chi connectivity index (χ1n) is 9.92. The van der Waals surface area contributed by atoms with Gasteiger partial charge in [0.1, 0.15) is 5.76 Å². The van der Waals surface area contributed by atoms with Crippen LogP contribution >= 0.6 is 0 Å². The van der Waals surface area contributed by atoms with Crippen molar-refractivity contribution in [1.82, 2.24) is 19.9 Å². The van der Waals surface area contributed by atoms with E-state index >= 15 is 0 Å². The average Bonchev–Trinajstić information content (AvgIpc) is 2.88. The van der Waals surface area contributed by atoms with Crippen molar-refractivity contribution in [3.8, 4) is 0 Å². The molecule has 0 aliphatic carbocycles. The predicted octanol–water partition coefficient (Wildman–Crippen LogP) is 2.27. The van der Waals surface area contributed by atoms with Gasteiger partial charge >= 0.3 is 0 Å². The number of amides is 2. The quantitative estimate of drug-likeness (QED) is 0.793. The van der Waals surface area contributed by atoms with Gasteiger partial charge in [-0.15, -0.1) is 0 Å². The summed E-state index contributed by atoms with van der Waals surface area (Å²) in [6, 6.07) is 3.93. The molecule has 2 amide bonds. The lowest BCUT2D eigenvalue weighted by Gasteiger charge is -2.35. The van der Waals surface area contributed by atoms with E-state index in [4.69, 9.17) is 4.52 Å². The minimum Gasteiger partial charge on any atom is -0.361 e. The number of aromatic nitrogens is 2. The van der Waals surface area contributed by atoms with E-state index in [0.717, 1.165) is 35.4 Å². The van der Waals surface area contributed by atoms with Gasteiger partial charge in [0, 0.05) is 43.5 Å². The summed E-state index contributed by atoms with van der Waals surface area (Å²) in [5.74, 6) is 0.919. The number of carbonyl (C=O) groups is 2. The third-order valence-electron chi connectivity index (χ3n) is 6.01. The lowest BCUT2D eigenvalue weighted by atomic mass is 9.93. The summed E-state index contributed by atoms with van der Waals surface area (Å²) < 4.78 is 5.26. The van der Waals surface area contributed by atoms with Crippen LogP contribution in [0, 0.1) is 19.8 Å². The van der Waals surface area contributed by atoms with E-state index < -0.39 is 0 Å². The minimum absolute atomic E-state index is 0.0577. The number of piperidine rings is 1. The van der Waals surface area contributed by atoms with Crippen molar-refractivity contribution in [2.45, 2.75) is 52.1 Å². The van der Waals surface area contributed by atoms with Gasteiger partial charge in [0.05, 0.1) is 18.2 Å². The fraction of sp³-hybridized carbons (Fsp3) is 0.524. The molecule has 2 aromatic rings. The molecule has 2 aromatic heterocycles. The summed E-state index contributed by atoms with van der Waals surface area (Å²) >= 11 is 0. The Morgan fingerprint density at radius 2 is 2.14 bits per heavy atom. The molecule has 0 spiro atoms. The molecule has 3 saturated heterocycles. The fourth-order valence-corrected chi connectivity index (χ4v) is 4.31. The molecule has 0 aromatic carbocycles. The van der Waals surface area contributed by atoms with Gasteiger partial charge in [-0.3, -0.25) is 14.6 Å². The number of hydrogen-bond donors (Lipinski definition) is 0. The van der Waals surface area contributed by atoms with Crippen LogP contribution in [0.15, 0.2) is 29.0 Å². The number of rotatable bonds is 5. The third-order valence-corrected chi connectivity index (χ3v) is 6.01. The Hall–Kier alpha value is -2.70. The van der Waals surface area contributed by atoms with E-state index in [1.54, 1.807) is 12.4 Å². The predicted molar refractivity (Wildman–Crippen MR) is 102 cm³/mol. The second-order valence-corrected chi connectivity index (χ2v) is 7.86. The molecule has 5 rings (SSSR count). The Morgan fingerprint density at radius 3 is 2.86 bits per heavy atom. The molecule has 7 nitrogen and oxygen atoms in total. The van der Waals surface area contributed by atoms with E-state index in [1.807, 2.05) is 35.8 Å². The fourth-order valence-electron chi connectivity index (χ4n) is 4.31. The topological polar surface area (TPSA) is 79.5 Å². The van der Waals surface area contributed by atoms with Crippen molar-refractivity contribution in [3.05, 3.63) is 47.1 Å². The van der Waals surface area contributed by atoms with E-state index in [-0.39, 0.29) is 23.8 Å². The lowest BCUT2D eigenvalue weighted by molar-refractivity contribution is -0.140. The summed E-state index contributed by atoms with van der Waals surface area (Å²) in [4.78, 5) is 33.8. The molecule has 28 heavy (non-hydrogen) atoms. The molecule has 3 aliphatic heterocycles. The summed E-state index contributed by atoms with van der Waals surface area (Å²) in [6.07, 6.45) is 6.45. The Balaban J connectivity index is 1.45. The molecule has 2 bridgehead atoms. The van der Waals surface area contributed by atoms with Crippen molar-refractivity contribution >= 4 is 11.8 Å². The Kier molecular flexibility index (Phi) is 5.15. The summed E-state index contributed by atoms with van der Waals surface area (Å²) in [5.41, 5.74) is 2.87. The molecular formula is C21H26N4O3. The molecule has 0 unspecified atom stereocenters. The molecule has 7 heteroatoms. The van der Waals surface area contributed by atoms with Crippen LogP contribution in [0.25, 0.3) is 0 Å². The van der Waals surface area contributed by atoms with Crippen LogP contribution in [-0.4, -0.2) is 50.9 Å². The maximum absolute atomic E-state index is 13.0. The number of aryl methyl sites for hydroxylation is 3. The molecular weight excluding hydrogens is 356 g/mol. The van der Waals surface area contributed by atoms with Crippen molar-refractivity contribution < 1.29 is 14.1 Å². The van der Waals surface area contributed by atoms with Crippen LogP contribution in [0.3, 0.4) is 0 Å². The van der Waals surface area contributed by atoms with Gasteiger partial charge in [0.25, 0.3) is 0 Å². The van der Waals surface area contributed by atoms with Crippen LogP contribution < -0.4 is 0 Å². The number of nitrogens with zero attached hydrogens (tertiary/aromatic N) is 4. The van der Waals surface area contributed by atoms with Crippen molar-refractivity contribution in [1.29, 1.82) is 0 Å². The lowest BCUT2D eigenvalue weighted by Crippen LogP contribution is -2.47. The zero-order chi connectivity index (χ0) is 19.7. The van der Waals surface area contributed by atoms with E-state index in [9.17, 15) is 9.59 Å². The van der Waals surface area contributed by atoms with Gasteiger partial charge < -0.3 is 14.3 Å².